The Hall–Kier alpha value is -0.960. The van der Waals surface area contributed by atoms with Gasteiger partial charge >= 0.3 is 0 Å². The monoisotopic (exact) mass is 385 g/mol. The largest absolute Gasteiger partial charge is 0.330 e. The molecule has 0 aromatic carbocycles. The molecular formula is C25H39NO2. The number of unbranched alkanes of at least 4 members (excludes halogenated alkanes) is 2. The number of nitrogens with two attached hydrogens (primary N) is 1. The van der Waals surface area contributed by atoms with Gasteiger partial charge in [-0.05, 0) is 93.4 Å². The SMILES string of the molecule is C[C@]12CC[C@@H](/C=C\CCCCN)CC1C(=O)C[C@@H]1[C@@H]2CC[C@]2(C)C(=O)CC[C@@H]12. The van der Waals surface area contributed by atoms with Gasteiger partial charge in [0.15, 0.2) is 0 Å². The molecule has 0 heterocycles. The van der Waals surface area contributed by atoms with Gasteiger partial charge in [-0.3, -0.25) is 9.59 Å². The minimum absolute atomic E-state index is 0.131. The molecule has 0 aliphatic heterocycles. The maximum atomic E-state index is 13.3. The molecule has 0 amide bonds. The zero-order valence-electron chi connectivity index (χ0n) is 17.9. The first-order valence-electron chi connectivity index (χ1n) is 11.8. The average Bonchev–Trinajstić information content (AvgIpc) is 2.98. The minimum atomic E-state index is -0.131. The molecule has 0 aromatic heterocycles. The van der Waals surface area contributed by atoms with E-state index in [1.807, 2.05) is 0 Å². The summed E-state index contributed by atoms with van der Waals surface area (Å²) in [6.45, 7) is 5.40. The Morgan fingerprint density at radius 2 is 1.89 bits per heavy atom. The third-order valence-electron chi connectivity index (χ3n) is 9.44. The molecule has 4 aliphatic rings. The van der Waals surface area contributed by atoms with E-state index >= 15 is 0 Å². The van der Waals surface area contributed by atoms with Crippen LogP contribution in [0, 0.1) is 40.4 Å². The number of allylic oxidation sites excluding steroid dienone is 2. The molecule has 7 atom stereocenters. The fraction of sp³-hybridized carbons (Fsp3) is 0.840. The minimum Gasteiger partial charge on any atom is -0.330 e. The van der Waals surface area contributed by atoms with Crippen LogP contribution in [0.15, 0.2) is 12.2 Å². The van der Waals surface area contributed by atoms with Crippen LogP contribution in [0.1, 0.15) is 84.5 Å². The Bertz CT molecular complexity index is 655. The van der Waals surface area contributed by atoms with Crippen molar-refractivity contribution < 1.29 is 9.59 Å². The smallest absolute Gasteiger partial charge is 0.139 e. The predicted octanol–water partition coefficient (Wildman–Crippen LogP) is 5.08. The van der Waals surface area contributed by atoms with Crippen molar-refractivity contribution in [2.45, 2.75) is 84.5 Å². The molecule has 0 aromatic rings. The van der Waals surface area contributed by atoms with Crippen molar-refractivity contribution in [3.8, 4) is 0 Å². The second-order valence-corrected chi connectivity index (χ2v) is 10.8. The van der Waals surface area contributed by atoms with Crippen molar-refractivity contribution in [1.29, 1.82) is 0 Å². The molecule has 0 saturated heterocycles. The highest BCUT2D eigenvalue weighted by molar-refractivity contribution is 5.88. The molecule has 0 radical (unpaired) electrons. The van der Waals surface area contributed by atoms with Gasteiger partial charge < -0.3 is 5.73 Å². The van der Waals surface area contributed by atoms with Crippen LogP contribution < -0.4 is 5.73 Å². The maximum absolute atomic E-state index is 13.3. The molecule has 4 fully saturated rings. The Labute approximate surface area is 170 Å². The van der Waals surface area contributed by atoms with Crippen molar-refractivity contribution in [1.82, 2.24) is 0 Å². The zero-order chi connectivity index (χ0) is 19.9. The first-order valence-corrected chi connectivity index (χ1v) is 11.8. The van der Waals surface area contributed by atoms with Crippen molar-refractivity contribution in [2.75, 3.05) is 6.54 Å². The van der Waals surface area contributed by atoms with Gasteiger partial charge in [-0.15, -0.1) is 0 Å². The number of hydrogen-bond acceptors (Lipinski definition) is 3. The standard InChI is InChI=1S/C25H39NO2/c1-24-12-10-17(7-5-3-4-6-14-26)15-21(24)22(27)16-18-19-8-9-23(28)25(19,2)13-11-20(18)24/h5,7,17-21H,3-4,6,8-16,26H2,1-2H3/b7-5-/t17-,18+,19+,20+,21?,24-,25+/m1/s1. The second-order valence-electron chi connectivity index (χ2n) is 10.8. The van der Waals surface area contributed by atoms with Gasteiger partial charge in [0, 0.05) is 24.2 Å². The van der Waals surface area contributed by atoms with E-state index in [-0.39, 0.29) is 16.7 Å². The number of hydrogen-bond donors (Lipinski definition) is 1. The summed E-state index contributed by atoms with van der Waals surface area (Å²) in [5, 5.41) is 0. The third-order valence-corrected chi connectivity index (χ3v) is 9.44. The predicted molar refractivity (Wildman–Crippen MR) is 113 cm³/mol. The number of carbonyl (C=O) groups is 2. The summed E-state index contributed by atoms with van der Waals surface area (Å²) in [5.41, 5.74) is 5.61. The van der Waals surface area contributed by atoms with Gasteiger partial charge in [-0.1, -0.05) is 26.0 Å². The fourth-order valence-corrected chi connectivity index (χ4v) is 7.71. The van der Waals surface area contributed by atoms with E-state index < -0.39 is 0 Å². The second kappa shape index (κ2) is 7.70. The van der Waals surface area contributed by atoms with Gasteiger partial charge in [-0.2, -0.15) is 0 Å². The molecule has 3 nitrogen and oxygen atoms in total. The lowest BCUT2D eigenvalue weighted by atomic mass is 9.44. The molecule has 2 N–H and O–H groups in total. The highest BCUT2D eigenvalue weighted by Gasteiger charge is 2.62. The first-order chi connectivity index (χ1) is 13.4. The number of rotatable bonds is 5. The van der Waals surface area contributed by atoms with Gasteiger partial charge in [0.25, 0.3) is 0 Å². The van der Waals surface area contributed by atoms with Crippen molar-refractivity contribution >= 4 is 11.6 Å². The summed E-state index contributed by atoms with van der Waals surface area (Å²) in [5.74, 6) is 3.35. The van der Waals surface area contributed by atoms with Crippen LogP contribution in [0.4, 0.5) is 0 Å². The van der Waals surface area contributed by atoms with Gasteiger partial charge in [-0.25, -0.2) is 0 Å². The van der Waals surface area contributed by atoms with Crippen LogP contribution >= 0.6 is 0 Å². The molecular weight excluding hydrogens is 346 g/mol. The fourth-order valence-electron chi connectivity index (χ4n) is 7.71. The van der Waals surface area contributed by atoms with Crippen LogP contribution in [0.25, 0.3) is 0 Å². The summed E-state index contributed by atoms with van der Waals surface area (Å²) in [4.78, 5) is 25.9. The lowest BCUT2D eigenvalue weighted by Crippen LogP contribution is -2.56. The summed E-state index contributed by atoms with van der Waals surface area (Å²) < 4.78 is 0. The van der Waals surface area contributed by atoms with E-state index in [4.69, 9.17) is 5.73 Å². The van der Waals surface area contributed by atoms with Crippen molar-refractivity contribution in [2.24, 2.45) is 46.2 Å². The molecule has 3 heteroatoms. The Morgan fingerprint density at radius 3 is 2.68 bits per heavy atom. The topological polar surface area (TPSA) is 60.2 Å². The number of carbonyl (C=O) groups excluding carboxylic acids is 2. The van der Waals surface area contributed by atoms with Crippen LogP contribution in [0.5, 0.6) is 0 Å². The van der Waals surface area contributed by atoms with E-state index in [0.717, 1.165) is 57.9 Å². The summed E-state index contributed by atoms with van der Waals surface area (Å²) >= 11 is 0. The van der Waals surface area contributed by atoms with Gasteiger partial charge in [0.05, 0.1) is 0 Å². The third kappa shape index (κ3) is 3.22. The van der Waals surface area contributed by atoms with Crippen LogP contribution in [-0.2, 0) is 9.59 Å². The summed E-state index contributed by atoms with van der Waals surface area (Å²) in [7, 11) is 0. The first kappa shape index (κ1) is 20.3. The van der Waals surface area contributed by atoms with E-state index in [1.165, 1.54) is 19.3 Å². The zero-order valence-corrected chi connectivity index (χ0v) is 17.9. The lowest BCUT2D eigenvalue weighted by molar-refractivity contribution is -0.157. The van der Waals surface area contributed by atoms with Crippen molar-refractivity contribution in [3.63, 3.8) is 0 Å². The van der Waals surface area contributed by atoms with E-state index in [1.54, 1.807) is 0 Å². The molecule has 1 unspecified atom stereocenters. The summed E-state index contributed by atoms with van der Waals surface area (Å²) in [6.07, 6.45) is 16.3. The number of fused-ring (bicyclic) bond motifs is 5. The molecule has 4 rings (SSSR count). The number of ketones is 2. The van der Waals surface area contributed by atoms with Gasteiger partial charge in [0.2, 0.25) is 0 Å². The molecule has 4 saturated carbocycles. The molecule has 28 heavy (non-hydrogen) atoms. The normalized spacial score (nSPS) is 45.8. The quantitative estimate of drug-likeness (QED) is 0.530. The Kier molecular flexibility index (Phi) is 5.59. The van der Waals surface area contributed by atoms with Crippen LogP contribution in [0.3, 0.4) is 0 Å². The van der Waals surface area contributed by atoms with E-state index in [9.17, 15) is 9.59 Å². The van der Waals surface area contributed by atoms with Gasteiger partial charge in [0.1, 0.15) is 11.6 Å². The van der Waals surface area contributed by atoms with Crippen LogP contribution in [-0.4, -0.2) is 18.1 Å². The molecule has 0 spiro atoms. The Balaban J connectivity index is 1.47. The van der Waals surface area contributed by atoms with E-state index in [2.05, 4.69) is 26.0 Å². The highest BCUT2D eigenvalue weighted by Crippen LogP contribution is 2.65. The molecule has 0 bridgehead atoms. The highest BCUT2D eigenvalue weighted by atomic mass is 16.1. The molecule has 156 valence electrons. The van der Waals surface area contributed by atoms with Crippen molar-refractivity contribution in [3.05, 3.63) is 12.2 Å². The molecule has 4 aliphatic carbocycles. The Morgan fingerprint density at radius 1 is 1.07 bits per heavy atom. The lowest BCUT2D eigenvalue weighted by Gasteiger charge is -2.59. The van der Waals surface area contributed by atoms with Crippen LogP contribution in [0.2, 0.25) is 0 Å². The maximum Gasteiger partial charge on any atom is 0.139 e. The van der Waals surface area contributed by atoms with E-state index in [0.29, 0.717) is 35.2 Å². The summed E-state index contributed by atoms with van der Waals surface area (Å²) in [6, 6.07) is 0. The number of Topliss-reactive ketones (excluding diaryl/α,β-unsaturated/α-hetero) is 2. The average molecular weight is 386 g/mol.